The van der Waals surface area contributed by atoms with Crippen LogP contribution in [0.2, 0.25) is 0 Å². The highest BCUT2D eigenvalue weighted by molar-refractivity contribution is 5.94. The summed E-state index contributed by atoms with van der Waals surface area (Å²) in [5.41, 5.74) is 6.69. The SMILES string of the molecule is CN(CC(=O)N1CCc2c(cn(-c3ccc(F)cc3)c(=O)c2C(N)=O)C1)C1CCCC1. The van der Waals surface area contributed by atoms with E-state index in [1.165, 1.54) is 41.7 Å². The molecule has 0 spiro atoms. The number of hydrogen-bond acceptors (Lipinski definition) is 4. The number of hydrogen-bond donors (Lipinski definition) is 1. The largest absolute Gasteiger partial charge is 0.365 e. The lowest BCUT2D eigenvalue weighted by Gasteiger charge is -2.32. The molecule has 8 heteroatoms. The molecule has 1 saturated carbocycles. The second kappa shape index (κ2) is 8.63. The van der Waals surface area contributed by atoms with Crippen molar-refractivity contribution in [3.8, 4) is 5.69 Å². The van der Waals surface area contributed by atoms with Gasteiger partial charge in [-0.1, -0.05) is 12.8 Å². The van der Waals surface area contributed by atoms with Gasteiger partial charge in [0.15, 0.2) is 0 Å². The summed E-state index contributed by atoms with van der Waals surface area (Å²) in [7, 11) is 1.99. The number of aromatic nitrogens is 1. The Morgan fingerprint density at radius 1 is 1.19 bits per heavy atom. The number of carbonyl (C=O) groups is 2. The molecule has 2 heterocycles. The average Bonchev–Trinajstić information content (AvgIpc) is 3.28. The number of likely N-dealkylation sites (N-methyl/N-ethyl adjacent to an activating group) is 1. The third-order valence-corrected chi connectivity index (χ3v) is 6.44. The lowest BCUT2D eigenvalue weighted by atomic mass is 9.96. The van der Waals surface area contributed by atoms with Gasteiger partial charge in [-0.25, -0.2) is 4.39 Å². The molecule has 0 saturated heterocycles. The van der Waals surface area contributed by atoms with Crippen molar-refractivity contribution in [3.05, 3.63) is 63.3 Å². The number of amides is 2. The Labute approximate surface area is 180 Å². The van der Waals surface area contributed by atoms with Crippen LogP contribution in [0.1, 0.15) is 47.2 Å². The van der Waals surface area contributed by atoms with Gasteiger partial charge in [0.25, 0.3) is 11.5 Å². The van der Waals surface area contributed by atoms with E-state index in [0.717, 1.165) is 12.8 Å². The van der Waals surface area contributed by atoms with Crippen molar-refractivity contribution >= 4 is 11.8 Å². The molecule has 0 bridgehead atoms. The number of nitrogens with two attached hydrogens (primary N) is 1. The molecule has 2 aliphatic rings. The molecule has 7 nitrogen and oxygen atoms in total. The summed E-state index contributed by atoms with van der Waals surface area (Å²) >= 11 is 0. The van der Waals surface area contributed by atoms with Crippen LogP contribution in [0.15, 0.2) is 35.3 Å². The number of fused-ring (bicyclic) bond motifs is 1. The topological polar surface area (TPSA) is 88.6 Å². The van der Waals surface area contributed by atoms with E-state index in [4.69, 9.17) is 5.73 Å². The van der Waals surface area contributed by atoms with Gasteiger partial charge in [0.05, 0.1) is 6.54 Å². The zero-order valence-corrected chi connectivity index (χ0v) is 17.6. The molecule has 1 aliphatic heterocycles. The fraction of sp³-hybridized carbons (Fsp3) is 0.435. The minimum absolute atomic E-state index is 0.0280. The smallest absolute Gasteiger partial charge is 0.268 e. The molecule has 1 aromatic carbocycles. The molecule has 4 rings (SSSR count). The molecule has 0 unspecified atom stereocenters. The van der Waals surface area contributed by atoms with Crippen molar-refractivity contribution in [3.63, 3.8) is 0 Å². The van der Waals surface area contributed by atoms with Crippen molar-refractivity contribution < 1.29 is 14.0 Å². The molecule has 2 aromatic rings. The van der Waals surface area contributed by atoms with E-state index < -0.39 is 17.3 Å². The van der Waals surface area contributed by atoms with Crippen LogP contribution in [-0.2, 0) is 17.8 Å². The van der Waals surface area contributed by atoms with Gasteiger partial charge in [0, 0.05) is 31.0 Å². The van der Waals surface area contributed by atoms with E-state index in [0.29, 0.717) is 48.9 Å². The molecule has 164 valence electrons. The monoisotopic (exact) mass is 426 g/mol. The van der Waals surface area contributed by atoms with Crippen molar-refractivity contribution in [2.75, 3.05) is 20.1 Å². The number of primary amides is 1. The highest BCUT2D eigenvalue weighted by atomic mass is 19.1. The van der Waals surface area contributed by atoms with Gasteiger partial charge in [0.1, 0.15) is 11.4 Å². The molecular formula is C23H27FN4O3. The molecule has 1 aliphatic carbocycles. The summed E-state index contributed by atoms with van der Waals surface area (Å²) in [6, 6.07) is 5.89. The van der Waals surface area contributed by atoms with Gasteiger partial charge in [0.2, 0.25) is 5.91 Å². The molecule has 2 N–H and O–H groups in total. The van der Waals surface area contributed by atoms with Crippen LogP contribution in [0.5, 0.6) is 0 Å². The maximum absolute atomic E-state index is 13.3. The zero-order valence-electron chi connectivity index (χ0n) is 17.6. The molecule has 0 radical (unpaired) electrons. The Kier molecular flexibility index (Phi) is 5.91. The third kappa shape index (κ3) is 4.25. The van der Waals surface area contributed by atoms with Gasteiger partial charge < -0.3 is 10.6 Å². The van der Waals surface area contributed by atoms with Gasteiger partial charge in [-0.3, -0.25) is 23.9 Å². The minimum atomic E-state index is -0.793. The van der Waals surface area contributed by atoms with E-state index in [1.807, 2.05) is 7.05 Å². The van der Waals surface area contributed by atoms with Crippen LogP contribution in [0.25, 0.3) is 5.69 Å². The molecule has 1 aromatic heterocycles. The first-order valence-corrected chi connectivity index (χ1v) is 10.7. The highest BCUT2D eigenvalue weighted by Crippen LogP contribution is 2.24. The maximum atomic E-state index is 13.3. The predicted octanol–water partition coefficient (Wildman–Crippen LogP) is 1.83. The predicted molar refractivity (Wildman–Crippen MR) is 115 cm³/mol. The molecular weight excluding hydrogens is 399 g/mol. The fourth-order valence-electron chi connectivity index (χ4n) is 4.70. The standard InChI is InChI=1S/C23H27FN4O3/c1-26(17-4-2-3-5-17)14-20(29)27-11-10-19-15(12-27)13-28(23(31)21(19)22(25)30)18-8-6-16(24)7-9-18/h6-9,13,17H,2-5,10-12,14H2,1H3,(H2,25,30). The second-order valence-corrected chi connectivity index (χ2v) is 8.44. The second-order valence-electron chi connectivity index (χ2n) is 8.44. The van der Waals surface area contributed by atoms with Crippen LogP contribution in [0.4, 0.5) is 4.39 Å². The first kappa shape index (κ1) is 21.2. The highest BCUT2D eigenvalue weighted by Gasteiger charge is 2.29. The van der Waals surface area contributed by atoms with Gasteiger partial charge in [-0.15, -0.1) is 0 Å². The number of rotatable bonds is 5. The van der Waals surface area contributed by atoms with Crippen LogP contribution in [-0.4, -0.2) is 52.4 Å². The van der Waals surface area contributed by atoms with Crippen LogP contribution in [0, 0.1) is 5.82 Å². The molecule has 1 fully saturated rings. The van der Waals surface area contributed by atoms with Gasteiger partial charge in [-0.2, -0.15) is 0 Å². The van der Waals surface area contributed by atoms with E-state index in [2.05, 4.69) is 4.90 Å². The maximum Gasteiger partial charge on any atom is 0.268 e. The summed E-state index contributed by atoms with van der Waals surface area (Å²) in [5.74, 6) is -1.19. The minimum Gasteiger partial charge on any atom is -0.365 e. The Bertz CT molecular complexity index is 1060. The Hall–Kier alpha value is -3.00. The summed E-state index contributed by atoms with van der Waals surface area (Å²) in [4.78, 5) is 41.9. The van der Waals surface area contributed by atoms with E-state index in [1.54, 1.807) is 11.1 Å². The van der Waals surface area contributed by atoms with E-state index >= 15 is 0 Å². The number of nitrogens with zero attached hydrogens (tertiary/aromatic N) is 3. The van der Waals surface area contributed by atoms with Crippen molar-refractivity contribution in [1.82, 2.24) is 14.4 Å². The number of carbonyl (C=O) groups excluding carboxylic acids is 2. The molecule has 31 heavy (non-hydrogen) atoms. The fourth-order valence-corrected chi connectivity index (χ4v) is 4.70. The Morgan fingerprint density at radius 2 is 1.87 bits per heavy atom. The number of halogens is 1. The summed E-state index contributed by atoms with van der Waals surface area (Å²) in [6.45, 7) is 1.08. The van der Waals surface area contributed by atoms with Gasteiger partial charge >= 0.3 is 0 Å². The summed E-state index contributed by atoms with van der Waals surface area (Å²) < 4.78 is 14.6. The first-order chi connectivity index (χ1) is 14.8. The third-order valence-electron chi connectivity index (χ3n) is 6.44. The lowest BCUT2D eigenvalue weighted by Crippen LogP contribution is -2.45. The average molecular weight is 426 g/mol. The van der Waals surface area contributed by atoms with Crippen molar-refractivity contribution in [1.29, 1.82) is 0 Å². The van der Waals surface area contributed by atoms with Crippen molar-refractivity contribution in [2.24, 2.45) is 5.73 Å². The van der Waals surface area contributed by atoms with Crippen molar-refractivity contribution in [2.45, 2.75) is 44.7 Å². The molecule has 0 atom stereocenters. The normalized spacial score (nSPS) is 16.5. The number of benzene rings is 1. The van der Waals surface area contributed by atoms with Crippen LogP contribution in [0.3, 0.4) is 0 Å². The van der Waals surface area contributed by atoms with Crippen LogP contribution < -0.4 is 11.3 Å². The van der Waals surface area contributed by atoms with Gasteiger partial charge in [-0.05, 0) is 61.7 Å². The zero-order chi connectivity index (χ0) is 22.1. The molecule has 2 amide bonds. The first-order valence-electron chi connectivity index (χ1n) is 10.7. The van der Waals surface area contributed by atoms with Crippen LogP contribution >= 0.6 is 0 Å². The van der Waals surface area contributed by atoms with E-state index in [-0.39, 0.29) is 11.5 Å². The Balaban J connectivity index is 1.63. The summed E-state index contributed by atoms with van der Waals surface area (Å²) in [6.07, 6.45) is 6.69. The summed E-state index contributed by atoms with van der Waals surface area (Å²) in [5, 5.41) is 0. The van der Waals surface area contributed by atoms with E-state index in [9.17, 15) is 18.8 Å². The lowest BCUT2D eigenvalue weighted by molar-refractivity contribution is -0.133. The Morgan fingerprint density at radius 3 is 2.52 bits per heavy atom. The quantitative estimate of drug-likeness (QED) is 0.790. The number of pyridine rings is 1.